The Labute approximate surface area is 81.9 Å². The molecule has 0 radical (unpaired) electrons. The van der Waals surface area contributed by atoms with Crippen molar-refractivity contribution in [3.8, 4) is 0 Å². The highest BCUT2D eigenvalue weighted by atomic mass is 16.3. The van der Waals surface area contributed by atoms with E-state index in [9.17, 15) is 5.11 Å². The molecule has 0 spiro atoms. The molecular formula is C11H23NO. The SMILES string of the molecule is CC1CCN(CC(C)(C)C(C)O)C1. The number of nitrogens with zero attached hydrogens (tertiary/aromatic N) is 1. The highest BCUT2D eigenvalue weighted by Gasteiger charge is 2.29. The van der Waals surface area contributed by atoms with Crippen LogP contribution in [0.5, 0.6) is 0 Å². The largest absolute Gasteiger partial charge is 0.393 e. The third kappa shape index (κ3) is 2.96. The summed E-state index contributed by atoms with van der Waals surface area (Å²) in [6.07, 6.45) is 1.10. The minimum absolute atomic E-state index is 0.0318. The van der Waals surface area contributed by atoms with Gasteiger partial charge in [-0.3, -0.25) is 0 Å². The lowest BCUT2D eigenvalue weighted by atomic mass is 9.87. The van der Waals surface area contributed by atoms with Gasteiger partial charge in [0, 0.05) is 18.5 Å². The first-order chi connectivity index (χ1) is 5.92. The lowest BCUT2D eigenvalue weighted by Gasteiger charge is -2.32. The van der Waals surface area contributed by atoms with Gasteiger partial charge in [0.1, 0.15) is 0 Å². The molecule has 1 aliphatic heterocycles. The molecule has 0 saturated carbocycles. The van der Waals surface area contributed by atoms with Gasteiger partial charge in [-0.1, -0.05) is 20.8 Å². The third-order valence-electron chi connectivity index (χ3n) is 3.27. The highest BCUT2D eigenvalue weighted by molar-refractivity contribution is 4.82. The molecule has 0 bridgehead atoms. The Morgan fingerprint density at radius 3 is 2.54 bits per heavy atom. The second kappa shape index (κ2) is 3.97. The summed E-state index contributed by atoms with van der Waals surface area (Å²) in [6.45, 7) is 11.9. The monoisotopic (exact) mass is 185 g/mol. The average molecular weight is 185 g/mol. The fourth-order valence-electron chi connectivity index (χ4n) is 1.88. The molecule has 0 aromatic rings. The van der Waals surface area contributed by atoms with Crippen LogP contribution in [0.1, 0.15) is 34.1 Å². The molecule has 1 fully saturated rings. The van der Waals surface area contributed by atoms with Crippen LogP contribution in [-0.4, -0.2) is 35.7 Å². The van der Waals surface area contributed by atoms with Gasteiger partial charge in [-0.2, -0.15) is 0 Å². The predicted octanol–water partition coefficient (Wildman–Crippen LogP) is 1.74. The molecule has 2 heteroatoms. The van der Waals surface area contributed by atoms with Gasteiger partial charge < -0.3 is 10.0 Å². The lowest BCUT2D eigenvalue weighted by molar-refractivity contribution is 0.0396. The van der Waals surface area contributed by atoms with E-state index in [0.29, 0.717) is 0 Å². The molecular weight excluding hydrogens is 162 g/mol. The molecule has 0 aromatic heterocycles. The lowest BCUT2D eigenvalue weighted by Crippen LogP contribution is -2.39. The summed E-state index contributed by atoms with van der Waals surface area (Å²) < 4.78 is 0. The van der Waals surface area contributed by atoms with Crippen molar-refractivity contribution in [2.45, 2.75) is 40.2 Å². The Bertz CT molecular complexity index is 165. The van der Waals surface area contributed by atoms with Crippen LogP contribution in [-0.2, 0) is 0 Å². The van der Waals surface area contributed by atoms with Crippen molar-refractivity contribution < 1.29 is 5.11 Å². The van der Waals surface area contributed by atoms with Gasteiger partial charge >= 0.3 is 0 Å². The zero-order valence-electron chi connectivity index (χ0n) is 9.38. The first kappa shape index (κ1) is 11.0. The fraction of sp³-hybridized carbons (Fsp3) is 1.00. The molecule has 78 valence electrons. The highest BCUT2D eigenvalue weighted by Crippen LogP contribution is 2.25. The van der Waals surface area contributed by atoms with Crippen molar-refractivity contribution >= 4 is 0 Å². The number of likely N-dealkylation sites (tertiary alicyclic amines) is 1. The Kier molecular flexibility index (Phi) is 3.36. The van der Waals surface area contributed by atoms with E-state index in [1.165, 1.54) is 19.5 Å². The number of rotatable bonds is 3. The standard InChI is InChI=1S/C11H23NO/c1-9-5-6-12(7-9)8-11(3,4)10(2)13/h9-10,13H,5-8H2,1-4H3. The summed E-state index contributed by atoms with van der Waals surface area (Å²) in [5, 5.41) is 9.58. The summed E-state index contributed by atoms with van der Waals surface area (Å²) >= 11 is 0. The Hall–Kier alpha value is -0.0800. The van der Waals surface area contributed by atoms with Crippen LogP contribution in [0.3, 0.4) is 0 Å². The van der Waals surface area contributed by atoms with E-state index >= 15 is 0 Å². The van der Waals surface area contributed by atoms with E-state index in [0.717, 1.165) is 12.5 Å². The predicted molar refractivity (Wildman–Crippen MR) is 55.7 cm³/mol. The number of hydrogen-bond acceptors (Lipinski definition) is 2. The molecule has 0 amide bonds. The van der Waals surface area contributed by atoms with E-state index in [1.807, 2.05) is 6.92 Å². The van der Waals surface area contributed by atoms with Gasteiger partial charge in [0.25, 0.3) is 0 Å². The van der Waals surface area contributed by atoms with E-state index in [4.69, 9.17) is 0 Å². The van der Waals surface area contributed by atoms with Crippen LogP contribution in [0.15, 0.2) is 0 Å². The second-order valence-electron chi connectivity index (χ2n) is 5.29. The van der Waals surface area contributed by atoms with Crippen LogP contribution < -0.4 is 0 Å². The molecule has 1 heterocycles. The normalized spacial score (nSPS) is 27.9. The minimum atomic E-state index is -0.219. The Balaban J connectivity index is 2.40. The molecule has 2 unspecified atom stereocenters. The van der Waals surface area contributed by atoms with Crippen molar-refractivity contribution in [3.63, 3.8) is 0 Å². The van der Waals surface area contributed by atoms with E-state index in [1.54, 1.807) is 0 Å². The smallest absolute Gasteiger partial charge is 0.0575 e. The number of aliphatic hydroxyl groups is 1. The quantitative estimate of drug-likeness (QED) is 0.724. The first-order valence-corrected chi connectivity index (χ1v) is 5.32. The van der Waals surface area contributed by atoms with E-state index in [2.05, 4.69) is 25.7 Å². The van der Waals surface area contributed by atoms with Gasteiger partial charge in [-0.25, -0.2) is 0 Å². The van der Waals surface area contributed by atoms with Crippen molar-refractivity contribution in [1.29, 1.82) is 0 Å². The van der Waals surface area contributed by atoms with E-state index < -0.39 is 0 Å². The van der Waals surface area contributed by atoms with E-state index in [-0.39, 0.29) is 11.5 Å². The van der Waals surface area contributed by atoms with Gasteiger partial charge in [0.15, 0.2) is 0 Å². The third-order valence-corrected chi connectivity index (χ3v) is 3.27. The Morgan fingerprint density at radius 1 is 1.54 bits per heavy atom. The zero-order chi connectivity index (χ0) is 10.1. The molecule has 2 nitrogen and oxygen atoms in total. The summed E-state index contributed by atoms with van der Waals surface area (Å²) in [6, 6.07) is 0. The van der Waals surface area contributed by atoms with Gasteiger partial charge in [-0.05, 0) is 25.8 Å². The van der Waals surface area contributed by atoms with Crippen LogP contribution in [0.4, 0.5) is 0 Å². The summed E-state index contributed by atoms with van der Waals surface area (Å²) in [4.78, 5) is 2.47. The van der Waals surface area contributed by atoms with Gasteiger partial charge in [-0.15, -0.1) is 0 Å². The fourth-order valence-corrected chi connectivity index (χ4v) is 1.88. The topological polar surface area (TPSA) is 23.5 Å². The second-order valence-corrected chi connectivity index (χ2v) is 5.29. The number of aliphatic hydroxyl groups excluding tert-OH is 1. The molecule has 1 N–H and O–H groups in total. The van der Waals surface area contributed by atoms with Crippen molar-refractivity contribution in [1.82, 2.24) is 4.90 Å². The molecule has 13 heavy (non-hydrogen) atoms. The van der Waals surface area contributed by atoms with Crippen LogP contribution in [0, 0.1) is 11.3 Å². The number of hydrogen-bond donors (Lipinski definition) is 1. The average Bonchev–Trinajstić information content (AvgIpc) is 2.34. The molecule has 0 aliphatic carbocycles. The van der Waals surface area contributed by atoms with Crippen LogP contribution in [0.2, 0.25) is 0 Å². The minimum Gasteiger partial charge on any atom is -0.393 e. The molecule has 0 aromatic carbocycles. The maximum absolute atomic E-state index is 9.58. The van der Waals surface area contributed by atoms with Gasteiger partial charge in [0.05, 0.1) is 6.10 Å². The summed E-state index contributed by atoms with van der Waals surface area (Å²) in [5.41, 5.74) is 0.0318. The van der Waals surface area contributed by atoms with Crippen molar-refractivity contribution in [2.75, 3.05) is 19.6 Å². The molecule has 2 atom stereocenters. The molecule has 1 rings (SSSR count). The summed E-state index contributed by atoms with van der Waals surface area (Å²) in [5.74, 6) is 0.838. The Morgan fingerprint density at radius 2 is 2.15 bits per heavy atom. The molecule has 1 aliphatic rings. The first-order valence-electron chi connectivity index (χ1n) is 5.32. The maximum Gasteiger partial charge on any atom is 0.0575 e. The van der Waals surface area contributed by atoms with Crippen LogP contribution in [0.25, 0.3) is 0 Å². The summed E-state index contributed by atoms with van der Waals surface area (Å²) in [7, 11) is 0. The zero-order valence-corrected chi connectivity index (χ0v) is 9.38. The van der Waals surface area contributed by atoms with Gasteiger partial charge in [0.2, 0.25) is 0 Å². The van der Waals surface area contributed by atoms with Crippen molar-refractivity contribution in [3.05, 3.63) is 0 Å². The molecule has 1 saturated heterocycles. The van der Waals surface area contributed by atoms with Crippen LogP contribution >= 0.6 is 0 Å². The van der Waals surface area contributed by atoms with Crippen molar-refractivity contribution in [2.24, 2.45) is 11.3 Å². The maximum atomic E-state index is 9.58.